The molecule has 0 radical (unpaired) electrons. The first-order chi connectivity index (χ1) is 12.5. The molecule has 2 rings (SSSR count). The Kier molecular flexibility index (Phi) is 8.17. The first kappa shape index (κ1) is 21.0. The van der Waals surface area contributed by atoms with Gasteiger partial charge >= 0.3 is 0 Å². The lowest BCUT2D eigenvalue weighted by Crippen LogP contribution is -2.42. The van der Waals surface area contributed by atoms with E-state index in [1.54, 1.807) is 23.9 Å². The summed E-state index contributed by atoms with van der Waals surface area (Å²) >= 11 is 1.64. The van der Waals surface area contributed by atoms with Gasteiger partial charge in [-0.1, -0.05) is 6.07 Å². The van der Waals surface area contributed by atoms with E-state index in [-0.39, 0.29) is 11.6 Å². The molecule has 0 unspecified atom stereocenters. The number of hydrogen-bond donors (Lipinski definition) is 2. The Morgan fingerprint density at radius 1 is 1.35 bits per heavy atom. The average Bonchev–Trinajstić information content (AvgIpc) is 2.93. The Morgan fingerprint density at radius 2 is 2.15 bits per heavy atom. The Morgan fingerprint density at radius 3 is 2.81 bits per heavy atom. The van der Waals surface area contributed by atoms with E-state index in [2.05, 4.69) is 15.6 Å². The molecule has 0 bridgehead atoms. The van der Waals surface area contributed by atoms with E-state index in [1.807, 2.05) is 13.2 Å². The summed E-state index contributed by atoms with van der Waals surface area (Å²) in [6, 6.07) is 4.78. The number of rotatable bonds is 8. The van der Waals surface area contributed by atoms with E-state index in [0.717, 1.165) is 16.9 Å². The summed E-state index contributed by atoms with van der Waals surface area (Å²) in [4.78, 5) is 4.55. The van der Waals surface area contributed by atoms with Gasteiger partial charge in [0.2, 0.25) is 10.0 Å². The monoisotopic (exact) mass is 402 g/mol. The zero-order valence-corrected chi connectivity index (χ0v) is 16.9. The van der Waals surface area contributed by atoms with Crippen LogP contribution < -0.4 is 10.6 Å². The predicted molar refractivity (Wildman–Crippen MR) is 106 cm³/mol. The second-order valence-electron chi connectivity index (χ2n) is 6.04. The van der Waals surface area contributed by atoms with Crippen LogP contribution in [-0.4, -0.2) is 56.9 Å². The SMILES string of the molecule is CCNC(=NCc1ccc(F)cc1CSC)NCCN1CCCS1(=O)=O. The van der Waals surface area contributed by atoms with Gasteiger partial charge in [0.25, 0.3) is 0 Å². The number of thioether (sulfide) groups is 1. The lowest BCUT2D eigenvalue weighted by molar-refractivity contribution is 0.445. The number of aliphatic imine (C=N–C) groups is 1. The number of benzene rings is 1. The fraction of sp³-hybridized carbons (Fsp3) is 0.588. The van der Waals surface area contributed by atoms with Gasteiger partial charge in [-0.05, 0) is 42.9 Å². The summed E-state index contributed by atoms with van der Waals surface area (Å²) in [6.45, 7) is 4.63. The Balaban J connectivity index is 1.96. The van der Waals surface area contributed by atoms with Crippen LogP contribution in [0.2, 0.25) is 0 Å². The standard InChI is InChI=1S/C17H27FN4O2S2/c1-3-19-17(20-7-9-22-8-4-10-26(22,23)24)21-12-14-5-6-16(18)11-15(14)13-25-2/h5-6,11H,3-4,7-10,12-13H2,1-2H3,(H2,19,20,21). The summed E-state index contributed by atoms with van der Waals surface area (Å²) < 4.78 is 38.6. The van der Waals surface area contributed by atoms with Crippen LogP contribution in [0.5, 0.6) is 0 Å². The zero-order chi connectivity index (χ0) is 19.0. The number of nitrogens with one attached hydrogen (secondary N) is 2. The highest BCUT2D eigenvalue weighted by molar-refractivity contribution is 7.97. The molecule has 0 spiro atoms. The molecule has 0 atom stereocenters. The molecule has 1 aromatic rings. The molecule has 1 aromatic carbocycles. The first-order valence-corrected chi connectivity index (χ1v) is 11.7. The van der Waals surface area contributed by atoms with Crippen LogP contribution in [0.4, 0.5) is 4.39 Å². The van der Waals surface area contributed by atoms with E-state index in [0.29, 0.717) is 45.1 Å². The first-order valence-electron chi connectivity index (χ1n) is 8.72. The maximum atomic E-state index is 13.4. The van der Waals surface area contributed by atoms with Crippen LogP contribution >= 0.6 is 11.8 Å². The minimum atomic E-state index is -3.07. The highest BCUT2D eigenvalue weighted by Gasteiger charge is 2.27. The molecule has 0 amide bonds. The number of halogens is 1. The van der Waals surface area contributed by atoms with Gasteiger partial charge in [-0.25, -0.2) is 22.1 Å². The molecule has 0 aromatic heterocycles. The highest BCUT2D eigenvalue weighted by Crippen LogP contribution is 2.17. The minimum absolute atomic E-state index is 0.237. The molecule has 1 fully saturated rings. The predicted octanol–water partition coefficient (Wildman–Crippen LogP) is 1.78. The Labute approximate surface area is 159 Å². The molecule has 6 nitrogen and oxygen atoms in total. The summed E-state index contributed by atoms with van der Waals surface area (Å²) in [5.74, 6) is 1.37. The zero-order valence-electron chi connectivity index (χ0n) is 15.3. The molecule has 1 saturated heterocycles. The third-order valence-corrected chi connectivity index (χ3v) is 6.63. The maximum Gasteiger partial charge on any atom is 0.214 e. The van der Waals surface area contributed by atoms with Gasteiger partial charge in [0.15, 0.2) is 5.96 Å². The van der Waals surface area contributed by atoms with Gasteiger partial charge in [-0.3, -0.25) is 0 Å². The third kappa shape index (κ3) is 6.14. The number of hydrogen-bond acceptors (Lipinski definition) is 4. The molecule has 146 valence electrons. The van der Waals surface area contributed by atoms with Crippen molar-refractivity contribution in [3.05, 3.63) is 35.1 Å². The second-order valence-corrected chi connectivity index (χ2v) is 8.99. The summed E-state index contributed by atoms with van der Waals surface area (Å²) in [5.41, 5.74) is 1.93. The summed E-state index contributed by atoms with van der Waals surface area (Å²) in [5, 5.41) is 6.33. The van der Waals surface area contributed by atoms with E-state index in [4.69, 9.17) is 0 Å². The largest absolute Gasteiger partial charge is 0.357 e. The van der Waals surface area contributed by atoms with Gasteiger partial charge in [0.1, 0.15) is 5.82 Å². The van der Waals surface area contributed by atoms with E-state index >= 15 is 0 Å². The van der Waals surface area contributed by atoms with E-state index in [1.165, 1.54) is 10.4 Å². The lowest BCUT2D eigenvalue weighted by atomic mass is 10.1. The molecule has 1 aliphatic heterocycles. The quantitative estimate of drug-likeness (QED) is 0.512. The number of nitrogens with zero attached hydrogens (tertiary/aromatic N) is 2. The summed E-state index contributed by atoms with van der Waals surface area (Å²) in [7, 11) is -3.07. The fourth-order valence-corrected chi connectivity index (χ4v) is 4.89. The van der Waals surface area contributed by atoms with Crippen molar-refractivity contribution in [2.75, 3.05) is 38.2 Å². The fourth-order valence-electron chi connectivity index (χ4n) is 2.79. The highest BCUT2D eigenvalue weighted by atomic mass is 32.2. The number of sulfonamides is 1. The van der Waals surface area contributed by atoms with Crippen molar-refractivity contribution < 1.29 is 12.8 Å². The van der Waals surface area contributed by atoms with Gasteiger partial charge in [-0.15, -0.1) is 0 Å². The van der Waals surface area contributed by atoms with Crippen LogP contribution in [0.15, 0.2) is 23.2 Å². The molecule has 2 N–H and O–H groups in total. The van der Waals surface area contributed by atoms with Crippen molar-refractivity contribution in [1.29, 1.82) is 0 Å². The maximum absolute atomic E-state index is 13.4. The Bertz CT molecular complexity index is 725. The molecular weight excluding hydrogens is 375 g/mol. The van der Waals surface area contributed by atoms with Crippen molar-refractivity contribution in [2.45, 2.75) is 25.6 Å². The van der Waals surface area contributed by atoms with E-state index < -0.39 is 10.0 Å². The second kappa shape index (κ2) is 10.1. The van der Waals surface area contributed by atoms with Crippen LogP contribution in [0.3, 0.4) is 0 Å². The van der Waals surface area contributed by atoms with Crippen molar-refractivity contribution in [3.8, 4) is 0 Å². The average molecular weight is 403 g/mol. The molecular formula is C17H27FN4O2S2. The number of guanidine groups is 1. The molecule has 26 heavy (non-hydrogen) atoms. The molecule has 9 heteroatoms. The van der Waals surface area contributed by atoms with Gasteiger partial charge in [0.05, 0.1) is 12.3 Å². The summed E-state index contributed by atoms with van der Waals surface area (Å²) in [6.07, 6.45) is 2.68. The van der Waals surface area contributed by atoms with Crippen LogP contribution in [0.1, 0.15) is 24.5 Å². The van der Waals surface area contributed by atoms with Crippen LogP contribution in [0.25, 0.3) is 0 Å². The molecule has 0 saturated carbocycles. The van der Waals surface area contributed by atoms with E-state index in [9.17, 15) is 12.8 Å². The molecule has 0 aliphatic carbocycles. The molecule has 1 heterocycles. The van der Waals surface area contributed by atoms with Crippen molar-refractivity contribution in [2.24, 2.45) is 4.99 Å². The van der Waals surface area contributed by atoms with Crippen molar-refractivity contribution in [3.63, 3.8) is 0 Å². The topological polar surface area (TPSA) is 73.8 Å². The smallest absolute Gasteiger partial charge is 0.214 e. The van der Waals surface area contributed by atoms with Gasteiger partial charge in [-0.2, -0.15) is 11.8 Å². The van der Waals surface area contributed by atoms with Crippen LogP contribution in [-0.2, 0) is 22.3 Å². The normalized spacial score (nSPS) is 17.4. The van der Waals surface area contributed by atoms with Crippen molar-refractivity contribution in [1.82, 2.24) is 14.9 Å². The van der Waals surface area contributed by atoms with Crippen LogP contribution in [0, 0.1) is 5.82 Å². The minimum Gasteiger partial charge on any atom is -0.357 e. The molecule has 1 aliphatic rings. The Hall–Kier alpha value is -1.32. The van der Waals surface area contributed by atoms with Gasteiger partial charge in [0, 0.05) is 31.9 Å². The van der Waals surface area contributed by atoms with Gasteiger partial charge < -0.3 is 10.6 Å². The van der Waals surface area contributed by atoms with Crippen molar-refractivity contribution >= 4 is 27.7 Å². The lowest BCUT2D eigenvalue weighted by Gasteiger charge is -2.16. The third-order valence-electron chi connectivity index (χ3n) is 4.08.